The van der Waals surface area contributed by atoms with Crippen LogP contribution in [0.25, 0.3) is 0 Å². The van der Waals surface area contributed by atoms with E-state index in [1.165, 1.54) is 238 Å². The van der Waals surface area contributed by atoms with Crippen LogP contribution in [-0.4, -0.2) is 69.4 Å². The molecule has 0 radical (unpaired) electrons. The van der Waals surface area contributed by atoms with Crippen molar-refractivity contribution in [2.45, 2.75) is 360 Å². The highest BCUT2D eigenvalue weighted by Crippen LogP contribution is 2.38. The second-order valence-electron chi connectivity index (χ2n) is 26.1. The van der Waals surface area contributed by atoms with Gasteiger partial charge in [0.2, 0.25) is 5.91 Å². The summed E-state index contributed by atoms with van der Waals surface area (Å²) in [6, 6.07) is -0.892. The van der Waals surface area contributed by atoms with E-state index in [2.05, 4.69) is 86.8 Å². The molecule has 86 heavy (non-hydrogen) atoms. The zero-order valence-electron chi connectivity index (χ0n) is 57.5. The van der Waals surface area contributed by atoms with Crippen molar-refractivity contribution in [3.05, 3.63) is 72.9 Å². The summed E-state index contributed by atoms with van der Waals surface area (Å²) in [4.78, 5) is 40.2. The molecule has 0 aromatic heterocycles. The molecule has 9 nitrogen and oxygen atoms in total. The van der Waals surface area contributed by atoms with Crippen molar-refractivity contribution in [3.8, 4) is 0 Å². The van der Waals surface area contributed by atoms with Gasteiger partial charge >= 0.3 is 5.97 Å². The smallest absolute Gasteiger partial charge is 0.306 e. The molecule has 502 valence electrons. The van der Waals surface area contributed by atoms with Crippen molar-refractivity contribution in [1.82, 2.24) is 5.32 Å². The van der Waals surface area contributed by atoms with E-state index >= 15 is 0 Å². The van der Waals surface area contributed by atoms with Gasteiger partial charge in [0.25, 0.3) is 7.82 Å². The zero-order valence-corrected chi connectivity index (χ0v) is 58.4. The number of amides is 1. The van der Waals surface area contributed by atoms with Crippen LogP contribution in [0.4, 0.5) is 0 Å². The Labute approximate surface area is 533 Å². The van der Waals surface area contributed by atoms with Gasteiger partial charge in [-0.1, -0.05) is 306 Å². The summed E-state index contributed by atoms with van der Waals surface area (Å²) in [7, 11) is 1.19. The van der Waals surface area contributed by atoms with E-state index in [4.69, 9.17) is 13.8 Å². The summed E-state index contributed by atoms with van der Waals surface area (Å²) < 4.78 is 30.5. The van der Waals surface area contributed by atoms with E-state index in [1.54, 1.807) is 0 Å². The topological polar surface area (TPSA) is 114 Å². The third kappa shape index (κ3) is 65.9. The van der Waals surface area contributed by atoms with Crippen molar-refractivity contribution in [1.29, 1.82) is 0 Å². The Kier molecular flexibility index (Phi) is 63.5. The highest BCUT2D eigenvalue weighted by atomic mass is 31.2. The van der Waals surface area contributed by atoms with Crippen molar-refractivity contribution in [3.63, 3.8) is 0 Å². The van der Waals surface area contributed by atoms with E-state index in [9.17, 15) is 19.0 Å². The molecule has 0 aliphatic heterocycles. The molecule has 10 heteroatoms. The number of nitrogens with one attached hydrogen (secondary N) is 1. The number of esters is 1. The first kappa shape index (κ1) is 83.5. The highest BCUT2D eigenvalue weighted by Gasteiger charge is 2.27. The van der Waals surface area contributed by atoms with Crippen LogP contribution in [0.3, 0.4) is 0 Å². The molecule has 0 saturated carbocycles. The SMILES string of the molecule is CCCCC/C=C\C/C=C\C/C=C\CCCCCCCCCCCCCCC(=O)OC(/C=C/CCCCCCCCCCCC)C(COP(=O)([O-])OCC[N+](C)(C)C)NC(=O)CCCCCCCCCCCCCCC/C=C\C/C=C\CCCCC. The quantitative estimate of drug-likeness (QED) is 0.0212. The lowest BCUT2D eigenvalue weighted by Crippen LogP contribution is -2.47. The molecule has 0 bridgehead atoms. The fourth-order valence-electron chi connectivity index (χ4n) is 10.7. The number of phosphoric ester groups is 1. The number of allylic oxidation sites excluding steroid dienone is 11. The predicted octanol–water partition coefficient (Wildman–Crippen LogP) is 22.9. The molecule has 0 spiro atoms. The second-order valence-corrected chi connectivity index (χ2v) is 27.5. The van der Waals surface area contributed by atoms with Gasteiger partial charge in [-0.3, -0.25) is 14.2 Å². The monoisotopic (exact) mass is 1230 g/mol. The first-order chi connectivity index (χ1) is 41.9. The first-order valence-electron chi connectivity index (χ1n) is 36.7. The average Bonchev–Trinajstić information content (AvgIpc) is 3.65. The van der Waals surface area contributed by atoms with Gasteiger partial charge in [0.1, 0.15) is 19.3 Å². The number of unbranched alkanes of at least 4 members (excludes halogenated alkanes) is 41. The van der Waals surface area contributed by atoms with Crippen LogP contribution in [0.15, 0.2) is 72.9 Å². The van der Waals surface area contributed by atoms with Crippen LogP contribution in [-0.2, 0) is 27.9 Å². The minimum Gasteiger partial charge on any atom is -0.756 e. The lowest BCUT2D eigenvalue weighted by atomic mass is 10.0. The van der Waals surface area contributed by atoms with Crippen molar-refractivity contribution in [2.24, 2.45) is 0 Å². The van der Waals surface area contributed by atoms with Crippen LogP contribution in [0.5, 0.6) is 0 Å². The second kappa shape index (κ2) is 65.4. The normalized spacial score (nSPS) is 13.9. The van der Waals surface area contributed by atoms with Crippen molar-refractivity contribution in [2.75, 3.05) is 40.9 Å². The number of likely N-dealkylation sites (N-methyl/N-ethyl adjacent to an activating group) is 1. The number of nitrogens with zero attached hydrogens (tertiary/aromatic N) is 1. The van der Waals surface area contributed by atoms with Gasteiger partial charge in [0, 0.05) is 12.8 Å². The van der Waals surface area contributed by atoms with Crippen LogP contribution < -0.4 is 10.2 Å². The molecule has 1 N–H and O–H groups in total. The van der Waals surface area contributed by atoms with Gasteiger partial charge in [-0.15, -0.1) is 0 Å². The first-order valence-corrected chi connectivity index (χ1v) is 38.2. The van der Waals surface area contributed by atoms with Crippen molar-refractivity contribution < 1.29 is 37.3 Å². The number of rotatable bonds is 67. The summed E-state index contributed by atoms with van der Waals surface area (Å²) in [5.74, 6) is -0.532. The van der Waals surface area contributed by atoms with E-state index in [-0.39, 0.29) is 31.5 Å². The molecule has 0 rings (SSSR count). The highest BCUT2D eigenvalue weighted by molar-refractivity contribution is 7.45. The summed E-state index contributed by atoms with van der Waals surface area (Å²) in [5, 5.41) is 3.05. The lowest BCUT2D eigenvalue weighted by molar-refractivity contribution is -0.870. The van der Waals surface area contributed by atoms with Gasteiger partial charge in [0.05, 0.1) is 33.8 Å². The number of ether oxygens (including phenoxy) is 1. The van der Waals surface area contributed by atoms with Gasteiger partial charge in [-0.2, -0.15) is 0 Å². The lowest BCUT2D eigenvalue weighted by Gasteiger charge is -2.30. The standard InChI is InChI=1S/C76H141N2O7P/c1-7-10-13-16-19-22-25-28-30-32-34-36-38-39-41-43-45-47-49-51-54-57-60-63-66-69-76(80)85-74(67-64-61-58-55-52-27-24-21-18-15-12-9-3)73(72-84-86(81,82)83-71-70-78(4,5)6)77-75(79)68-65-62-59-56-53-50-48-46-44-42-40-37-35-33-31-29-26-23-20-17-14-11-8-2/h19-20,22-23,28-31,34,36,64,67,73-74H,7-18,21,24-27,32-33,35,37-63,65-66,68-72H2,1-6H3,(H-,77,79,81,82)/b22-19-,23-20-,30-28-,31-29-,36-34-,67-64+. The number of carbonyl (C=O) groups excluding carboxylic acids is 2. The number of carbonyl (C=O) groups is 2. The number of quaternary nitrogens is 1. The Bertz CT molecular complexity index is 1700. The maximum atomic E-state index is 13.6. The molecular weight excluding hydrogens is 1080 g/mol. The van der Waals surface area contributed by atoms with Gasteiger partial charge in [0.15, 0.2) is 0 Å². The molecule has 3 atom stereocenters. The van der Waals surface area contributed by atoms with Crippen LogP contribution in [0, 0.1) is 0 Å². The molecule has 0 aromatic rings. The summed E-state index contributed by atoms with van der Waals surface area (Å²) in [6.45, 7) is 6.83. The van der Waals surface area contributed by atoms with Crippen LogP contribution in [0.2, 0.25) is 0 Å². The third-order valence-electron chi connectivity index (χ3n) is 16.4. The summed E-state index contributed by atoms with van der Waals surface area (Å²) >= 11 is 0. The molecule has 0 heterocycles. The molecular formula is C76H141N2O7P. The molecule has 1 amide bonds. The van der Waals surface area contributed by atoms with Gasteiger partial charge in [-0.25, -0.2) is 0 Å². The Hall–Kier alpha value is -2.55. The molecule has 0 aliphatic rings. The number of hydrogen-bond acceptors (Lipinski definition) is 7. The fourth-order valence-corrected chi connectivity index (χ4v) is 11.4. The minimum absolute atomic E-state index is 0.0233. The fraction of sp³-hybridized carbons (Fsp3) is 0.816. The molecule has 0 aliphatic carbocycles. The molecule has 3 unspecified atom stereocenters. The van der Waals surface area contributed by atoms with Crippen LogP contribution in [0.1, 0.15) is 348 Å². The van der Waals surface area contributed by atoms with Gasteiger partial charge < -0.3 is 28.5 Å². The maximum absolute atomic E-state index is 13.6. The van der Waals surface area contributed by atoms with E-state index in [1.807, 2.05) is 33.3 Å². The number of phosphoric acid groups is 1. The van der Waals surface area contributed by atoms with E-state index < -0.39 is 20.0 Å². The largest absolute Gasteiger partial charge is 0.756 e. The van der Waals surface area contributed by atoms with Gasteiger partial charge in [-0.05, 0) is 102 Å². The minimum atomic E-state index is -4.71. The predicted molar refractivity (Wildman–Crippen MR) is 372 cm³/mol. The maximum Gasteiger partial charge on any atom is 0.306 e. The molecule has 0 fully saturated rings. The Morgan fingerprint density at radius 3 is 1.08 bits per heavy atom. The van der Waals surface area contributed by atoms with Crippen LogP contribution >= 0.6 is 7.82 Å². The van der Waals surface area contributed by atoms with Crippen molar-refractivity contribution >= 4 is 19.7 Å². The Morgan fingerprint density at radius 1 is 0.407 bits per heavy atom. The Morgan fingerprint density at radius 2 is 0.709 bits per heavy atom. The average molecular weight is 1230 g/mol. The molecule has 0 saturated heterocycles. The molecule has 0 aromatic carbocycles. The summed E-state index contributed by atoms with van der Waals surface area (Å²) in [5.41, 5.74) is 0. The Balaban J connectivity index is 5.02. The third-order valence-corrected chi connectivity index (χ3v) is 17.3. The number of hydrogen-bond donors (Lipinski definition) is 1. The van der Waals surface area contributed by atoms with E-state index in [0.29, 0.717) is 17.4 Å². The zero-order chi connectivity index (χ0) is 62.8. The summed E-state index contributed by atoms with van der Waals surface area (Å²) in [6.07, 6.45) is 85.9. The van der Waals surface area contributed by atoms with E-state index in [0.717, 1.165) is 77.0 Å².